The molecular weight excluding hydrogens is 567 g/mol. The number of halogens is 3. The van der Waals surface area contributed by atoms with Crippen LogP contribution < -0.4 is 25.1 Å². The van der Waals surface area contributed by atoms with Gasteiger partial charge in [0.1, 0.15) is 29.2 Å². The van der Waals surface area contributed by atoms with Crippen LogP contribution in [0.1, 0.15) is 28.9 Å². The highest BCUT2D eigenvalue weighted by molar-refractivity contribution is 6.05. The maximum absolute atomic E-state index is 15.2. The largest absolute Gasteiger partial charge is 0.493 e. The van der Waals surface area contributed by atoms with Crippen molar-refractivity contribution in [2.45, 2.75) is 25.8 Å². The number of ether oxygens (including phenoxy) is 3. The molecule has 1 N–H and O–H groups in total. The first-order chi connectivity index (χ1) is 20.8. The molecule has 1 aliphatic heterocycles. The van der Waals surface area contributed by atoms with Crippen LogP contribution in [0.4, 0.5) is 18.9 Å². The number of amides is 1. The van der Waals surface area contributed by atoms with Gasteiger partial charge in [0.05, 0.1) is 30.8 Å². The molecule has 0 bridgehead atoms. The van der Waals surface area contributed by atoms with Gasteiger partial charge in [0.25, 0.3) is 11.5 Å². The zero-order chi connectivity index (χ0) is 30.2. The normalized spacial score (nSPS) is 12.6. The van der Waals surface area contributed by atoms with Gasteiger partial charge in [-0.1, -0.05) is 0 Å². The van der Waals surface area contributed by atoms with Crippen LogP contribution in [0.2, 0.25) is 0 Å². The van der Waals surface area contributed by atoms with Crippen molar-refractivity contribution in [1.29, 1.82) is 0 Å². The molecule has 0 spiro atoms. The van der Waals surface area contributed by atoms with Gasteiger partial charge in [0.2, 0.25) is 5.88 Å². The van der Waals surface area contributed by atoms with Crippen LogP contribution >= 0.6 is 0 Å². The van der Waals surface area contributed by atoms with Crippen molar-refractivity contribution in [2.75, 3.05) is 19.5 Å². The SMILES string of the molecule is COc1cc2ncnc(Oc3ccc(NC(=O)c4c5n(n(-c6cc(F)ccc6F)c4=O)CCCC5)cc3F)c2cc1OC. The Morgan fingerprint density at radius 1 is 0.907 bits per heavy atom. The molecule has 43 heavy (non-hydrogen) atoms. The molecule has 1 aliphatic rings. The van der Waals surface area contributed by atoms with Gasteiger partial charge in [-0.3, -0.25) is 14.3 Å². The molecule has 0 saturated heterocycles. The van der Waals surface area contributed by atoms with Gasteiger partial charge >= 0.3 is 0 Å². The first-order valence-electron chi connectivity index (χ1n) is 13.2. The summed E-state index contributed by atoms with van der Waals surface area (Å²) in [6.45, 7) is 0.338. The molecule has 0 unspecified atom stereocenters. The fourth-order valence-electron chi connectivity index (χ4n) is 5.15. The van der Waals surface area contributed by atoms with Crippen molar-refractivity contribution in [3.63, 3.8) is 0 Å². The fraction of sp³-hybridized carbons (Fsp3) is 0.200. The van der Waals surface area contributed by atoms with Gasteiger partial charge in [0, 0.05) is 30.4 Å². The molecular formula is C30H24F3N5O5. The third-order valence-electron chi connectivity index (χ3n) is 7.15. The summed E-state index contributed by atoms with van der Waals surface area (Å²) in [4.78, 5) is 35.1. The predicted molar refractivity (Wildman–Crippen MR) is 150 cm³/mol. The van der Waals surface area contributed by atoms with Gasteiger partial charge in [0.15, 0.2) is 23.1 Å². The summed E-state index contributed by atoms with van der Waals surface area (Å²) in [5.41, 5.74) is -0.407. The highest BCUT2D eigenvalue weighted by Gasteiger charge is 2.29. The van der Waals surface area contributed by atoms with Crippen molar-refractivity contribution in [3.05, 3.63) is 93.9 Å². The van der Waals surface area contributed by atoms with Crippen LogP contribution in [0.25, 0.3) is 16.6 Å². The Labute approximate surface area is 242 Å². The lowest BCUT2D eigenvalue weighted by atomic mass is 10.1. The summed E-state index contributed by atoms with van der Waals surface area (Å²) in [6, 6.07) is 9.75. The maximum atomic E-state index is 15.2. The van der Waals surface area contributed by atoms with E-state index < -0.39 is 28.9 Å². The molecule has 0 radical (unpaired) electrons. The Kier molecular flexibility index (Phi) is 7.22. The maximum Gasteiger partial charge on any atom is 0.284 e. The number of methoxy groups -OCH3 is 2. The molecule has 3 heterocycles. The van der Waals surface area contributed by atoms with Crippen molar-refractivity contribution in [1.82, 2.24) is 19.3 Å². The van der Waals surface area contributed by atoms with Gasteiger partial charge in [-0.05, 0) is 49.6 Å². The number of benzene rings is 3. The minimum Gasteiger partial charge on any atom is -0.493 e. The molecule has 3 aromatic carbocycles. The number of carbonyl (C=O) groups is 1. The molecule has 0 aliphatic carbocycles. The van der Waals surface area contributed by atoms with Crippen LogP contribution in [0.3, 0.4) is 0 Å². The highest BCUT2D eigenvalue weighted by atomic mass is 19.1. The van der Waals surface area contributed by atoms with Crippen LogP contribution in [-0.4, -0.2) is 39.5 Å². The van der Waals surface area contributed by atoms with Crippen LogP contribution in [0.15, 0.2) is 59.7 Å². The topological polar surface area (TPSA) is 110 Å². The highest BCUT2D eigenvalue weighted by Crippen LogP contribution is 2.36. The van der Waals surface area contributed by atoms with E-state index in [9.17, 15) is 18.4 Å². The van der Waals surface area contributed by atoms with Crippen molar-refractivity contribution >= 4 is 22.5 Å². The zero-order valence-corrected chi connectivity index (χ0v) is 23.0. The molecule has 0 atom stereocenters. The number of fused-ring (bicyclic) bond motifs is 2. The van der Waals surface area contributed by atoms with E-state index >= 15 is 4.39 Å². The number of carbonyl (C=O) groups excluding carboxylic acids is 1. The van der Waals surface area contributed by atoms with Gasteiger partial charge in [-0.2, -0.15) is 0 Å². The number of nitrogens with one attached hydrogen (secondary N) is 1. The van der Waals surface area contributed by atoms with E-state index in [1.165, 1.54) is 37.4 Å². The van der Waals surface area contributed by atoms with Gasteiger partial charge in [-0.15, -0.1) is 0 Å². The second-order valence-electron chi connectivity index (χ2n) is 9.72. The standard InChI is InChI=1S/C30H24F3N5O5/c1-41-25-13-18-21(14-26(25)42-2)34-15-35-29(18)43-24-9-7-17(12-20(24)33)36-28(39)27-22-5-3-4-10-37(22)38(30(27)40)23-11-16(31)6-8-19(23)32/h6-9,11-15H,3-5,10H2,1-2H3,(H,36,39). The van der Waals surface area contributed by atoms with Crippen molar-refractivity contribution in [3.8, 4) is 28.8 Å². The van der Waals surface area contributed by atoms with Crippen LogP contribution in [0.5, 0.6) is 23.1 Å². The summed E-state index contributed by atoms with van der Waals surface area (Å²) in [5, 5.41) is 2.99. The smallest absolute Gasteiger partial charge is 0.284 e. The van der Waals surface area contributed by atoms with E-state index in [4.69, 9.17) is 14.2 Å². The zero-order valence-electron chi connectivity index (χ0n) is 23.0. The lowest BCUT2D eigenvalue weighted by molar-refractivity contribution is 0.102. The Bertz CT molecular complexity index is 1960. The van der Waals surface area contributed by atoms with Crippen LogP contribution in [0, 0.1) is 17.5 Å². The Balaban J connectivity index is 1.30. The van der Waals surface area contributed by atoms with Crippen LogP contribution in [-0.2, 0) is 13.0 Å². The molecule has 1 amide bonds. The van der Waals surface area contributed by atoms with Gasteiger partial charge in [-0.25, -0.2) is 27.8 Å². The van der Waals surface area contributed by atoms with E-state index in [0.29, 0.717) is 53.9 Å². The number of anilines is 1. The van der Waals surface area contributed by atoms with Crippen molar-refractivity contribution in [2.24, 2.45) is 0 Å². The summed E-state index contributed by atoms with van der Waals surface area (Å²) < 4.78 is 62.7. The summed E-state index contributed by atoms with van der Waals surface area (Å²) >= 11 is 0. The minimum absolute atomic E-state index is 0.0486. The van der Waals surface area contributed by atoms with E-state index in [0.717, 1.165) is 28.9 Å². The van der Waals surface area contributed by atoms with E-state index in [1.54, 1.807) is 12.1 Å². The number of rotatable bonds is 7. The minimum atomic E-state index is -0.816. The predicted octanol–water partition coefficient (Wildman–Crippen LogP) is 5.40. The summed E-state index contributed by atoms with van der Waals surface area (Å²) in [5.74, 6) is -2.43. The quantitative estimate of drug-likeness (QED) is 0.270. The monoisotopic (exact) mass is 591 g/mol. The van der Waals surface area contributed by atoms with Crippen molar-refractivity contribution < 1.29 is 32.2 Å². The van der Waals surface area contributed by atoms with Gasteiger partial charge < -0.3 is 19.5 Å². The second kappa shape index (κ2) is 11.2. The molecule has 0 saturated carbocycles. The first-order valence-corrected chi connectivity index (χ1v) is 13.2. The fourth-order valence-corrected chi connectivity index (χ4v) is 5.15. The first kappa shape index (κ1) is 27.8. The molecule has 13 heteroatoms. The summed E-state index contributed by atoms with van der Waals surface area (Å²) in [7, 11) is 2.96. The summed E-state index contributed by atoms with van der Waals surface area (Å²) in [6.07, 6.45) is 3.03. The number of nitrogens with zero attached hydrogens (tertiary/aromatic N) is 4. The second-order valence-corrected chi connectivity index (χ2v) is 9.72. The van der Waals surface area contributed by atoms with E-state index in [-0.39, 0.29) is 28.6 Å². The number of hydrogen-bond acceptors (Lipinski definition) is 7. The molecule has 220 valence electrons. The Hall–Kier alpha value is -5.33. The average Bonchev–Trinajstić information content (AvgIpc) is 3.30. The molecule has 6 rings (SSSR count). The third kappa shape index (κ3) is 5.02. The van der Waals surface area contributed by atoms with E-state index in [1.807, 2.05) is 0 Å². The van der Waals surface area contributed by atoms with E-state index in [2.05, 4.69) is 15.3 Å². The molecule has 10 nitrogen and oxygen atoms in total. The number of aromatic nitrogens is 4. The lowest BCUT2D eigenvalue weighted by Gasteiger charge is -2.19. The molecule has 0 fully saturated rings. The Morgan fingerprint density at radius 2 is 1.70 bits per heavy atom. The molecule has 2 aromatic heterocycles. The third-order valence-corrected chi connectivity index (χ3v) is 7.15. The number of hydrogen-bond donors (Lipinski definition) is 1. The lowest BCUT2D eigenvalue weighted by Crippen LogP contribution is -2.26. The average molecular weight is 592 g/mol. The molecule has 5 aromatic rings. The Morgan fingerprint density at radius 3 is 2.47 bits per heavy atom.